The molecule has 0 bridgehead atoms. The lowest BCUT2D eigenvalue weighted by atomic mass is 9.79. The van der Waals surface area contributed by atoms with E-state index in [1.54, 1.807) is 42.5 Å². The summed E-state index contributed by atoms with van der Waals surface area (Å²) in [5, 5.41) is 3.00. The van der Waals surface area contributed by atoms with Crippen LogP contribution in [0.3, 0.4) is 0 Å². The highest BCUT2D eigenvalue weighted by Gasteiger charge is 2.29. The van der Waals surface area contributed by atoms with E-state index >= 15 is 0 Å². The van der Waals surface area contributed by atoms with Crippen molar-refractivity contribution in [1.29, 1.82) is 0 Å². The van der Waals surface area contributed by atoms with Crippen LogP contribution in [0.5, 0.6) is 0 Å². The Kier molecular flexibility index (Phi) is 7.59. The largest absolute Gasteiger partial charge is 0.352 e. The van der Waals surface area contributed by atoms with Crippen LogP contribution in [-0.2, 0) is 20.2 Å². The van der Waals surface area contributed by atoms with Crippen molar-refractivity contribution in [2.45, 2.75) is 50.5 Å². The second kappa shape index (κ2) is 10.2. The van der Waals surface area contributed by atoms with Crippen LogP contribution < -0.4 is 9.62 Å². The summed E-state index contributed by atoms with van der Waals surface area (Å²) < 4.78 is 28.0. The second-order valence-electron chi connectivity index (χ2n) is 9.08. The third-order valence-corrected chi connectivity index (χ3v) is 7.51. The molecule has 3 aromatic carbocycles. The molecule has 1 atom stereocenters. The minimum absolute atomic E-state index is 0.132. The monoisotopic (exact) mass is 464 g/mol. The number of hydrogen-bond acceptors (Lipinski definition) is 3. The van der Waals surface area contributed by atoms with E-state index in [1.165, 1.54) is 9.87 Å². The third kappa shape index (κ3) is 6.23. The molecule has 1 unspecified atom stereocenters. The highest BCUT2D eigenvalue weighted by Crippen LogP contribution is 2.28. The maximum Gasteiger partial charge on any atom is 0.264 e. The van der Waals surface area contributed by atoms with Gasteiger partial charge in [0.05, 0.1) is 10.6 Å². The fourth-order valence-electron chi connectivity index (χ4n) is 4.02. The van der Waals surface area contributed by atoms with Crippen LogP contribution in [-0.4, -0.2) is 26.9 Å². The summed E-state index contributed by atoms with van der Waals surface area (Å²) in [6.07, 6.45) is 0.721. The van der Waals surface area contributed by atoms with Gasteiger partial charge >= 0.3 is 0 Å². The Labute approximate surface area is 197 Å². The van der Waals surface area contributed by atoms with Crippen LogP contribution in [0.1, 0.15) is 38.3 Å². The predicted octanol–water partition coefficient (Wildman–Crippen LogP) is 5.06. The summed E-state index contributed by atoms with van der Waals surface area (Å²) in [6.45, 7) is 7.87. The molecule has 0 aliphatic rings. The van der Waals surface area contributed by atoms with E-state index in [2.05, 4.69) is 31.3 Å². The molecule has 1 amide bonds. The molecule has 33 heavy (non-hydrogen) atoms. The smallest absolute Gasteiger partial charge is 0.264 e. The van der Waals surface area contributed by atoms with Gasteiger partial charge in [0, 0.05) is 6.04 Å². The zero-order valence-corrected chi connectivity index (χ0v) is 20.5. The molecule has 0 heterocycles. The topological polar surface area (TPSA) is 66.5 Å². The maximum absolute atomic E-state index is 13.4. The normalized spacial score (nSPS) is 12.7. The van der Waals surface area contributed by atoms with E-state index in [-0.39, 0.29) is 28.8 Å². The van der Waals surface area contributed by atoms with Gasteiger partial charge in [0.15, 0.2) is 0 Å². The van der Waals surface area contributed by atoms with Gasteiger partial charge in [-0.3, -0.25) is 9.10 Å². The van der Waals surface area contributed by atoms with Crippen LogP contribution in [0.2, 0.25) is 0 Å². The fraction of sp³-hybridized carbons (Fsp3) is 0.296. The molecule has 0 spiro atoms. The third-order valence-electron chi connectivity index (χ3n) is 5.72. The second-order valence-corrected chi connectivity index (χ2v) is 10.9. The molecule has 0 saturated heterocycles. The van der Waals surface area contributed by atoms with Crippen LogP contribution in [0, 0.1) is 6.92 Å². The van der Waals surface area contributed by atoms with Gasteiger partial charge in [-0.25, -0.2) is 8.42 Å². The Hall–Kier alpha value is -3.12. The van der Waals surface area contributed by atoms with Crippen molar-refractivity contribution >= 4 is 21.6 Å². The molecule has 6 heteroatoms. The summed E-state index contributed by atoms with van der Waals surface area (Å²) in [5.74, 6) is -0.341. The SMILES string of the molecule is Cc1ccc(N(CC(=O)NC(C)CC(C)(C)c2ccccc2)S(=O)(=O)c2ccccc2)cc1. The van der Waals surface area contributed by atoms with E-state index in [0.717, 1.165) is 12.0 Å². The van der Waals surface area contributed by atoms with Crippen molar-refractivity contribution in [2.75, 3.05) is 10.8 Å². The summed E-state index contributed by atoms with van der Waals surface area (Å²) in [7, 11) is -3.90. The fourth-order valence-corrected chi connectivity index (χ4v) is 5.46. The number of benzene rings is 3. The lowest BCUT2D eigenvalue weighted by molar-refractivity contribution is -0.120. The van der Waals surface area contributed by atoms with Gasteiger partial charge < -0.3 is 5.32 Å². The van der Waals surface area contributed by atoms with Crippen molar-refractivity contribution in [2.24, 2.45) is 0 Å². The molecule has 0 aromatic heterocycles. The number of amides is 1. The summed E-state index contributed by atoms with van der Waals surface area (Å²) >= 11 is 0. The first-order valence-corrected chi connectivity index (χ1v) is 12.5. The lowest BCUT2D eigenvalue weighted by Crippen LogP contribution is -2.45. The van der Waals surface area contributed by atoms with Crippen molar-refractivity contribution in [3.05, 3.63) is 96.1 Å². The van der Waals surface area contributed by atoms with Crippen molar-refractivity contribution in [3.8, 4) is 0 Å². The molecule has 3 aromatic rings. The quantitative estimate of drug-likeness (QED) is 0.481. The van der Waals surface area contributed by atoms with Crippen LogP contribution in [0.25, 0.3) is 0 Å². The van der Waals surface area contributed by atoms with Crippen LogP contribution >= 0.6 is 0 Å². The van der Waals surface area contributed by atoms with Crippen molar-refractivity contribution in [3.63, 3.8) is 0 Å². The first-order valence-electron chi connectivity index (χ1n) is 11.1. The van der Waals surface area contributed by atoms with Gasteiger partial charge in [-0.15, -0.1) is 0 Å². The van der Waals surface area contributed by atoms with E-state index < -0.39 is 10.0 Å². The van der Waals surface area contributed by atoms with Crippen molar-refractivity contribution in [1.82, 2.24) is 5.32 Å². The number of nitrogens with zero attached hydrogens (tertiary/aromatic N) is 1. The highest BCUT2D eigenvalue weighted by molar-refractivity contribution is 7.92. The van der Waals surface area contributed by atoms with Gasteiger partial charge in [0.1, 0.15) is 6.54 Å². The molecular formula is C27H32N2O3S. The van der Waals surface area contributed by atoms with Gasteiger partial charge in [-0.1, -0.05) is 80.1 Å². The van der Waals surface area contributed by atoms with Crippen molar-refractivity contribution < 1.29 is 13.2 Å². The minimum atomic E-state index is -3.90. The Morgan fingerprint density at radius 2 is 1.45 bits per heavy atom. The average Bonchev–Trinajstić information content (AvgIpc) is 2.79. The minimum Gasteiger partial charge on any atom is -0.352 e. The van der Waals surface area contributed by atoms with Crippen LogP contribution in [0.4, 0.5) is 5.69 Å². The number of sulfonamides is 1. The molecular weight excluding hydrogens is 432 g/mol. The zero-order chi connectivity index (χ0) is 24.1. The Morgan fingerprint density at radius 1 is 0.909 bits per heavy atom. The molecule has 0 aliphatic carbocycles. The molecule has 3 rings (SSSR count). The predicted molar refractivity (Wildman–Crippen MR) is 134 cm³/mol. The first-order chi connectivity index (χ1) is 15.6. The van der Waals surface area contributed by atoms with E-state index in [4.69, 9.17) is 0 Å². The van der Waals surface area contributed by atoms with Gasteiger partial charge in [-0.2, -0.15) is 0 Å². The first kappa shape index (κ1) is 24.5. The van der Waals surface area contributed by atoms with E-state index in [1.807, 2.05) is 44.2 Å². The standard InChI is InChI=1S/C27H32N2O3S/c1-21-15-17-24(18-16-21)29(33(31,32)25-13-9-6-10-14-25)20-26(30)28-22(2)19-27(3,4)23-11-7-5-8-12-23/h5-18,22H,19-20H2,1-4H3,(H,28,30). The zero-order valence-electron chi connectivity index (χ0n) is 19.7. The number of rotatable bonds is 9. The molecule has 1 N–H and O–H groups in total. The number of hydrogen-bond donors (Lipinski definition) is 1. The Balaban J connectivity index is 1.78. The Morgan fingerprint density at radius 3 is 2.03 bits per heavy atom. The maximum atomic E-state index is 13.4. The van der Waals surface area contributed by atoms with Gasteiger partial charge in [-0.05, 0) is 55.5 Å². The molecule has 0 fully saturated rings. The average molecular weight is 465 g/mol. The molecule has 0 aliphatic heterocycles. The summed E-state index contributed by atoms with van der Waals surface area (Å²) in [5.41, 5.74) is 2.52. The lowest BCUT2D eigenvalue weighted by Gasteiger charge is -2.30. The number of carbonyl (C=O) groups excluding carboxylic acids is 1. The van der Waals surface area contributed by atoms with E-state index in [0.29, 0.717) is 5.69 Å². The number of aryl methyl sites for hydroxylation is 1. The summed E-state index contributed by atoms with van der Waals surface area (Å²) in [6, 6.07) is 25.4. The van der Waals surface area contributed by atoms with Gasteiger partial charge in [0.25, 0.3) is 10.0 Å². The van der Waals surface area contributed by atoms with Gasteiger partial charge in [0.2, 0.25) is 5.91 Å². The van der Waals surface area contributed by atoms with E-state index in [9.17, 15) is 13.2 Å². The number of carbonyl (C=O) groups is 1. The Bertz CT molecular complexity index is 1160. The molecule has 174 valence electrons. The summed E-state index contributed by atoms with van der Waals surface area (Å²) in [4.78, 5) is 13.1. The molecule has 0 saturated carbocycles. The number of nitrogens with one attached hydrogen (secondary N) is 1. The van der Waals surface area contributed by atoms with Crippen LogP contribution in [0.15, 0.2) is 89.8 Å². The highest BCUT2D eigenvalue weighted by atomic mass is 32.2. The molecule has 0 radical (unpaired) electrons. The molecule has 5 nitrogen and oxygen atoms in total. The number of anilines is 1.